The van der Waals surface area contributed by atoms with E-state index in [0.29, 0.717) is 39.7 Å². The number of H-pyrrole nitrogens is 1. The van der Waals surface area contributed by atoms with Crippen LogP contribution in [-0.4, -0.2) is 63.6 Å². The summed E-state index contributed by atoms with van der Waals surface area (Å²) in [5, 5.41) is 20.4. The Balaban J connectivity index is 1.44. The van der Waals surface area contributed by atoms with E-state index in [4.69, 9.17) is 21.1 Å². The van der Waals surface area contributed by atoms with Gasteiger partial charge in [-0.15, -0.1) is 0 Å². The largest absolute Gasteiger partial charge is 0.507 e. The van der Waals surface area contributed by atoms with Crippen LogP contribution in [0.5, 0.6) is 5.75 Å². The zero-order valence-corrected chi connectivity index (χ0v) is 21.4. The number of hydrogen-bond acceptors (Lipinski definition) is 6. The van der Waals surface area contributed by atoms with E-state index in [0.717, 1.165) is 0 Å². The van der Waals surface area contributed by atoms with Crippen LogP contribution in [-0.2, 0) is 14.3 Å². The Bertz CT molecular complexity index is 1350. The quantitative estimate of drug-likeness (QED) is 0.439. The Morgan fingerprint density at radius 3 is 2.70 bits per heavy atom. The van der Waals surface area contributed by atoms with Crippen molar-refractivity contribution >= 4 is 29.3 Å². The first-order valence-corrected chi connectivity index (χ1v) is 12.0. The van der Waals surface area contributed by atoms with Crippen molar-refractivity contribution in [2.45, 2.75) is 32.4 Å². The maximum absolute atomic E-state index is 12.9. The molecule has 0 radical (unpaired) electrons. The molecule has 3 aromatic rings. The predicted molar refractivity (Wildman–Crippen MR) is 139 cm³/mol. The Hall–Kier alpha value is -4.00. The highest BCUT2D eigenvalue weighted by Gasteiger charge is 2.35. The van der Waals surface area contributed by atoms with E-state index in [1.54, 1.807) is 63.4 Å². The van der Waals surface area contributed by atoms with Crippen LogP contribution in [0.2, 0.25) is 5.02 Å². The van der Waals surface area contributed by atoms with Crippen molar-refractivity contribution in [1.82, 2.24) is 15.1 Å². The first-order chi connectivity index (χ1) is 17.6. The average Bonchev–Trinajstić information content (AvgIpc) is 3.32. The molecule has 2 aromatic carbocycles. The molecule has 192 valence electrons. The molecule has 1 saturated heterocycles. The average molecular weight is 523 g/mol. The van der Waals surface area contributed by atoms with E-state index in [2.05, 4.69) is 27.4 Å². The van der Waals surface area contributed by atoms with Gasteiger partial charge in [-0.25, -0.2) is 4.79 Å². The lowest BCUT2D eigenvalue weighted by Crippen LogP contribution is -2.55. The summed E-state index contributed by atoms with van der Waals surface area (Å²) in [6, 6.07) is 10.9. The second-order valence-corrected chi connectivity index (χ2v) is 9.83. The van der Waals surface area contributed by atoms with E-state index in [1.807, 2.05) is 0 Å². The van der Waals surface area contributed by atoms with Gasteiger partial charge in [-0.2, -0.15) is 5.10 Å². The maximum Gasteiger partial charge on any atom is 0.411 e. The zero-order chi connectivity index (χ0) is 26.6. The molecule has 0 saturated carbocycles. The number of carbonyl (C=O) groups is 2. The molecular weight excluding hydrogens is 496 g/mol. The standard InChI is InChI=1S/C27H27ClN4O5/c1-27(2,3)37-26(35)32-12-13-36-16-22(32)25(34)30-20-9-5-17(6-10-20)4-7-18-15-29-31-24(18)21-14-19(28)8-11-23(21)33/h5-6,8-11,14-15,22,33H,12-13,16H2,1-3H3,(H,29,31)(H,30,34)/t22-/m0/s1. The fourth-order valence-corrected chi connectivity index (χ4v) is 3.82. The van der Waals surface area contributed by atoms with E-state index < -0.39 is 17.7 Å². The van der Waals surface area contributed by atoms with E-state index in [9.17, 15) is 14.7 Å². The molecule has 1 fully saturated rings. The lowest BCUT2D eigenvalue weighted by molar-refractivity contribution is -0.127. The Labute approximate surface area is 219 Å². The number of aromatic amines is 1. The summed E-state index contributed by atoms with van der Waals surface area (Å²) in [4.78, 5) is 26.9. The molecule has 1 aromatic heterocycles. The van der Waals surface area contributed by atoms with Gasteiger partial charge in [-0.3, -0.25) is 14.8 Å². The third kappa shape index (κ3) is 6.61. The normalized spacial score (nSPS) is 15.5. The molecule has 37 heavy (non-hydrogen) atoms. The van der Waals surface area contributed by atoms with E-state index >= 15 is 0 Å². The number of carbonyl (C=O) groups excluding carboxylic acids is 2. The summed E-state index contributed by atoms with van der Waals surface area (Å²) >= 11 is 6.06. The zero-order valence-electron chi connectivity index (χ0n) is 20.7. The molecule has 2 amide bonds. The molecule has 0 aliphatic carbocycles. The van der Waals surface area contributed by atoms with Crippen LogP contribution < -0.4 is 5.32 Å². The van der Waals surface area contributed by atoms with Gasteiger partial charge in [-0.1, -0.05) is 23.4 Å². The molecule has 9 nitrogen and oxygen atoms in total. The topological polar surface area (TPSA) is 117 Å². The number of morpholine rings is 1. The van der Waals surface area contributed by atoms with Crippen LogP contribution in [0.3, 0.4) is 0 Å². The van der Waals surface area contributed by atoms with Gasteiger partial charge in [-0.05, 0) is 63.2 Å². The van der Waals surface area contributed by atoms with Gasteiger partial charge in [0, 0.05) is 34.6 Å². The van der Waals surface area contributed by atoms with Crippen LogP contribution in [0.4, 0.5) is 10.5 Å². The van der Waals surface area contributed by atoms with Crippen molar-refractivity contribution in [1.29, 1.82) is 0 Å². The van der Waals surface area contributed by atoms with Gasteiger partial charge in [0.05, 0.1) is 18.8 Å². The highest BCUT2D eigenvalue weighted by Crippen LogP contribution is 2.32. The number of benzene rings is 2. The number of phenols is 1. The van der Waals surface area contributed by atoms with Crippen molar-refractivity contribution in [3.63, 3.8) is 0 Å². The van der Waals surface area contributed by atoms with Gasteiger partial charge >= 0.3 is 6.09 Å². The Morgan fingerprint density at radius 2 is 1.97 bits per heavy atom. The fraction of sp³-hybridized carbons (Fsp3) is 0.296. The lowest BCUT2D eigenvalue weighted by Gasteiger charge is -2.35. The molecule has 1 aliphatic heterocycles. The third-order valence-electron chi connectivity index (χ3n) is 5.41. The second-order valence-electron chi connectivity index (χ2n) is 9.39. The Morgan fingerprint density at radius 1 is 1.22 bits per heavy atom. The number of phenolic OH excluding ortho intramolecular Hbond substituents is 1. The van der Waals surface area contributed by atoms with Crippen LogP contribution >= 0.6 is 11.6 Å². The summed E-state index contributed by atoms with van der Waals surface area (Å²) in [7, 11) is 0. The molecule has 10 heteroatoms. The Kier molecular flexibility index (Phi) is 7.71. The van der Waals surface area contributed by atoms with Crippen LogP contribution in [0.1, 0.15) is 31.9 Å². The molecule has 2 heterocycles. The molecule has 3 N–H and O–H groups in total. The minimum absolute atomic E-state index is 0.0493. The molecule has 1 aliphatic rings. The van der Waals surface area contributed by atoms with Gasteiger partial charge in [0.2, 0.25) is 5.91 Å². The number of aromatic hydroxyl groups is 1. The SMILES string of the molecule is CC(C)(C)OC(=O)N1CCOC[C@H]1C(=O)Nc1ccc(C#Cc2c[nH]nc2-c2cc(Cl)ccc2O)cc1. The van der Waals surface area contributed by atoms with E-state index in [-0.39, 0.29) is 24.8 Å². The smallest absolute Gasteiger partial charge is 0.411 e. The van der Waals surface area contributed by atoms with Crippen LogP contribution in [0, 0.1) is 11.8 Å². The monoisotopic (exact) mass is 522 g/mol. The number of ether oxygens (including phenoxy) is 2. The molecule has 0 unspecified atom stereocenters. The first kappa shape index (κ1) is 26.1. The molecule has 0 bridgehead atoms. The van der Waals surface area contributed by atoms with Crippen molar-refractivity contribution in [2.75, 3.05) is 25.1 Å². The number of nitrogens with one attached hydrogen (secondary N) is 2. The minimum atomic E-state index is -0.800. The number of halogens is 1. The number of rotatable bonds is 3. The van der Waals surface area contributed by atoms with Crippen LogP contribution in [0.15, 0.2) is 48.7 Å². The van der Waals surface area contributed by atoms with Crippen molar-refractivity contribution < 1.29 is 24.2 Å². The fourth-order valence-electron chi connectivity index (χ4n) is 3.65. The first-order valence-electron chi connectivity index (χ1n) is 11.6. The molecule has 0 spiro atoms. The van der Waals surface area contributed by atoms with Crippen molar-refractivity contribution in [3.05, 3.63) is 64.8 Å². The highest BCUT2D eigenvalue weighted by molar-refractivity contribution is 6.31. The van der Waals surface area contributed by atoms with Crippen molar-refractivity contribution in [2.24, 2.45) is 0 Å². The summed E-state index contributed by atoms with van der Waals surface area (Å²) < 4.78 is 10.9. The van der Waals surface area contributed by atoms with Gasteiger partial charge in [0.25, 0.3) is 0 Å². The molecule has 1 atom stereocenters. The maximum atomic E-state index is 12.9. The van der Waals surface area contributed by atoms with Crippen molar-refractivity contribution in [3.8, 4) is 28.8 Å². The number of amides is 2. The summed E-state index contributed by atoms with van der Waals surface area (Å²) in [6.45, 7) is 6.03. The number of nitrogens with zero attached hydrogens (tertiary/aromatic N) is 2. The van der Waals surface area contributed by atoms with Gasteiger partial charge in [0.1, 0.15) is 23.1 Å². The predicted octanol–water partition coefficient (Wildman–Crippen LogP) is 4.41. The van der Waals surface area contributed by atoms with Gasteiger partial charge in [0.15, 0.2) is 0 Å². The number of hydrogen-bond donors (Lipinski definition) is 3. The van der Waals surface area contributed by atoms with Gasteiger partial charge < -0.3 is 19.9 Å². The molecular formula is C27H27ClN4O5. The number of aromatic nitrogens is 2. The summed E-state index contributed by atoms with van der Waals surface area (Å²) in [6.07, 6.45) is 1.09. The molecule has 4 rings (SSSR count). The second kappa shape index (κ2) is 10.9. The lowest BCUT2D eigenvalue weighted by atomic mass is 10.1. The van der Waals surface area contributed by atoms with E-state index in [1.165, 1.54) is 11.0 Å². The highest BCUT2D eigenvalue weighted by atomic mass is 35.5. The number of anilines is 1. The van der Waals surface area contributed by atoms with Crippen LogP contribution in [0.25, 0.3) is 11.3 Å². The minimum Gasteiger partial charge on any atom is -0.507 e. The summed E-state index contributed by atoms with van der Waals surface area (Å²) in [5.74, 6) is 5.78. The third-order valence-corrected chi connectivity index (χ3v) is 5.64. The summed E-state index contributed by atoms with van der Waals surface area (Å²) in [5.41, 5.74) is 2.15.